The summed E-state index contributed by atoms with van der Waals surface area (Å²) in [7, 11) is 0. The largest absolute Gasteiger partial charge is 0.483 e. The van der Waals surface area contributed by atoms with E-state index in [9.17, 15) is 4.79 Å². The molecule has 1 amide bonds. The second kappa shape index (κ2) is 7.50. The molecule has 0 radical (unpaired) electrons. The first-order valence-corrected chi connectivity index (χ1v) is 7.20. The molecule has 0 aliphatic rings. The highest BCUT2D eigenvalue weighted by Gasteiger charge is 2.11. The molecule has 2 unspecified atom stereocenters. The van der Waals surface area contributed by atoms with Gasteiger partial charge in [0.1, 0.15) is 5.75 Å². The molecular formula is C14H21BrN2O2. The molecule has 2 atom stereocenters. The SMILES string of the molecule is CCC(C)NC(=O)COc1cc(Br)ccc1C(C)N. The molecule has 0 heterocycles. The topological polar surface area (TPSA) is 64.3 Å². The molecule has 0 saturated carbocycles. The first-order valence-electron chi connectivity index (χ1n) is 6.41. The average molecular weight is 329 g/mol. The first-order chi connectivity index (χ1) is 8.93. The van der Waals surface area contributed by atoms with E-state index in [0.29, 0.717) is 5.75 Å². The smallest absolute Gasteiger partial charge is 0.258 e. The zero-order chi connectivity index (χ0) is 14.4. The number of carbonyl (C=O) groups excluding carboxylic acids is 1. The highest BCUT2D eigenvalue weighted by Crippen LogP contribution is 2.27. The van der Waals surface area contributed by atoms with E-state index in [4.69, 9.17) is 10.5 Å². The molecular weight excluding hydrogens is 308 g/mol. The maximum Gasteiger partial charge on any atom is 0.258 e. The van der Waals surface area contributed by atoms with Crippen LogP contribution in [0, 0.1) is 0 Å². The van der Waals surface area contributed by atoms with Gasteiger partial charge in [-0.1, -0.05) is 28.9 Å². The Hall–Kier alpha value is -1.07. The van der Waals surface area contributed by atoms with Crippen LogP contribution in [-0.4, -0.2) is 18.6 Å². The minimum atomic E-state index is -0.138. The van der Waals surface area contributed by atoms with E-state index in [1.807, 2.05) is 39.0 Å². The van der Waals surface area contributed by atoms with Gasteiger partial charge in [-0.05, 0) is 32.4 Å². The van der Waals surface area contributed by atoms with Crippen LogP contribution < -0.4 is 15.8 Å². The third-order valence-electron chi connectivity index (χ3n) is 2.84. The fraction of sp³-hybridized carbons (Fsp3) is 0.500. The highest BCUT2D eigenvalue weighted by atomic mass is 79.9. The summed E-state index contributed by atoms with van der Waals surface area (Å²) in [5.74, 6) is 0.522. The highest BCUT2D eigenvalue weighted by molar-refractivity contribution is 9.10. The lowest BCUT2D eigenvalue weighted by molar-refractivity contribution is -0.123. The van der Waals surface area contributed by atoms with Gasteiger partial charge in [-0.25, -0.2) is 0 Å². The van der Waals surface area contributed by atoms with Crippen LogP contribution in [0.5, 0.6) is 5.75 Å². The van der Waals surface area contributed by atoms with E-state index in [1.54, 1.807) is 0 Å². The minimum Gasteiger partial charge on any atom is -0.483 e. The summed E-state index contributed by atoms with van der Waals surface area (Å²) >= 11 is 3.38. The van der Waals surface area contributed by atoms with Crippen molar-refractivity contribution in [1.82, 2.24) is 5.32 Å². The van der Waals surface area contributed by atoms with Crippen LogP contribution in [0.4, 0.5) is 0 Å². The van der Waals surface area contributed by atoms with Crippen molar-refractivity contribution in [3.63, 3.8) is 0 Å². The van der Waals surface area contributed by atoms with Crippen LogP contribution in [0.3, 0.4) is 0 Å². The van der Waals surface area contributed by atoms with E-state index in [1.165, 1.54) is 0 Å². The van der Waals surface area contributed by atoms with Crippen LogP contribution in [-0.2, 0) is 4.79 Å². The number of halogens is 1. The molecule has 0 spiro atoms. The lowest BCUT2D eigenvalue weighted by atomic mass is 10.1. The third kappa shape index (κ3) is 5.20. The van der Waals surface area contributed by atoms with Crippen LogP contribution in [0.2, 0.25) is 0 Å². The summed E-state index contributed by atoms with van der Waals surface area (Å²) in [6.45, 7) is 5.87. The fourth-order valence-corrected chi connectivity index (χ4v) is 1.91. The summed E-state index contributed by atoms with van der Waals surface area (Å²) in [5, 5.41) is 2.86. The van der Waals surface area contributed by atoms with Crippen molar-refractivity contribution in [3.05, 3.63) is 28.2 Å². The van der Waals surface area contributed by atoms with E-state index in [0.717, 1.165) is 16.5 Å². The van der Waals surface area contributed by atoms with Crippen molar-refractivity contribution in [2.45, 2.75) is 39.3 Å². The fourth-order valence-electron chi connectivity index (χ4n) is 1.57. The normalized spacial score (nSPS) is 13.7. The monoisotopic (exact) mass is 328 g/mol. The summed E-state index contributed by atoms with van der Waals surface area (Å²) in [4.78, 5) is 11.7. The van der Waals surface area contributed by atoms with Gasteiger partial charge in [-0.2, -0.15) is 0 Å². The first kappa shape index (κ1) is 16.0. The molecule has 0 bridgehead atoms. The molecule has 19 heavy (non-hydrogen) atoms. The molecule has 0 aliphatic carbocycles. The van der Waals surface area contributed by atoms with Crippen LogP contribution in [0.25, 0.3) is 0 Å². The zero-order valence-corrected chi connectivity index (χ0v) is 13.2. The quantitative estimate of drug-likeness (QED) is 0.843. The number of carbonyl (C=O) groups is 1. The van der Waals surface area contributed by atoms with Crippen molar-refractivity contribution < 1.29 is 9.53 Å². The minimum absolute atomic E-state index is 0.000509. The number of hydrogen-bond donors (Lipinski definition) is 2. The molecule has 1 aromatic rings. The van der Waals surface area contributed by atoms with Gasteiger partial charge in [-0.15, -0.1) is 0 Å². The Bertz CT molecular complexity index is 435. The Labute approximate surface area is 122 Å². The second-order valence-electron chi connectivity index (χ2n) is 4.64. The molecule has 0 aromatic heterocycles. The number of nitrogens with two attached hydrogens (primary N) is 1. The van der Waals surface area contributed by atoms with Crippen molar-refractivity contribution >= 4 is 21.8 Å². The molecule has 0 aliphatic heterocycles. The van der Waals surface area contributed by atoms with Gasteiger partial charge < -0.3 is 15.8 Å². The third-order valence-corrected chi connectivity index (χ3v) is 3.34. The summed E-state index contributed by atoms with van der Waals surface area (Å²) < 4.78 is 6.46. The van der Waals surface area contributed by atoms with Crippen molar-refractivity contribution in [2.75, 3.05) is 6.61 Å². The van der Waals surface area contributed by atoms with E-state index < -0.39 is 0 Å². The van der Waals surface area contributed by atoms with Crippen molar-refractivity contribution in [1.29, 1.82) is 0 Å². The Morgan fingerprint density at radius 2 is 2.16 bits per heavy atom. The van der Waals surface area contributed by atoms with Gasteiger partial charge in [-0.3, -0.25) is 4.79 Å². The number of ether oxygens (including phenoxy) is 1. The molecule has 106 valence electrons. The van der Waals surface area contributed by atoms with Crippen molar-refractivity contribution in [3.8, 4) is 5.75 Å². The second-order valence-corrected chi connectivity index (χ2v) is 5.55. The predicted octanol–water partition coefficient (Wildman–Crippen LogP) is 2.76. The number of benzene rings is 1. The van der Waals surface area contributed by atoms with Crippen LogP contribution >= 0.6 is 15.9 Å². The van der Waals surface area contributed by atoms with Gasteiger partial charge in [0.25, 0.3) is 5.91 Å². The maximum absolute atomic E-state index is 11.7. The van der Waals surface area contributed by atoms with Gasteiger partial charge in [0.15, 0.2) is 6.61 Å². The number of amides is 1. The standard InChI is InChI=1S/C14H21BrN2O2/c1-4-9(2)17-14(18)8-19-13-7-11(15)5-6-12(13)10(3)16/h5-7,9-10H,4,8,16H2,1-3H3,(H,17,18). The van der Waals surface area contributed by atoms with Gasteiger partial charge in [0.05, 0.1) is 0 Å². The van der Waals surface area contributed by atoms with Gasteiger partial charge >= 0.3 is 0 Å². The lowest BCUT2D eigenvalue weighted by Crippen LogP contribution is -2.35. The number of rotatable bonds is 6. The number of nitrogens with one attached hydrogen (secondary N) is 1. The average Bonchev–Trinajstić information content (AvgIpc) is 2.35. The van der Waals surface area contributed by atoms with Crippen molar-refractivity contribution in [2.24, 2.45) is 5.73 Å². The molecule has 1 rings (SSSR count). The van der Waals surface area contributed by atoms with Gasteiger partial charge in [0, 0.05) is 22.1 Å². The molecule has 4 nitrogen and oxygen atoms in total. The molecule has 0 fully saturated rings. The van der Waals surface area contributed by atoms with E-state index >= 15 is 0 Å². The Kier molecular flexibility index (Phi) is 6.31. The van der Waals surface area contributed by atoms with E-state index in [2.05, 4.69) is 21.2 Å². The predicted molar refractivity (Wildman–Crippen MR) is 80.1 cm³/mol. The van der Waals surface area contributed by atoms with Crippen LogP contribution in [0.1, 0.15) is 38.8 Å². The lowest BCUT2D eigenvalue weighted by Gasteiger charge is -2.16. The van der Waals surface area contributed by atoms with Crippen LogP contribution in [0.15, 0.2) is 22.7 Å². The Morgan fingerprint density at radius 3 is 2.74 bits per heavy atom. The summed E-state index contributed by atoms with van der Waals surface area (Å²) in [6, 6.07) is 5.66. The molecule has 0 saturated heterocycles. The van der Waals surface area contributed by atoms with Gasteiger partial charge in [0.2, 0.25) is 0 Å². The molecule has 1 aromatic carbocycles. The summed E-state index contributed by atoms with van der Waals surface area (Å²) in [5.41, 5.74) is 6.77. The summed E-state index contributed by atoms with van der Waals surface area (Å²) in [6.07, 6.45) is 0.897. The van der Waals surface area contributed by atoms with E-state index in [-0.39, 0.29) is 24.6 Å². The molecule has 3 N–H and O–H groups in total. The zero-order valence-electron chi connectivity index (χ0n) is 11.6. The maximum atomic E-state index is 11.7. The number of hydrogen-bond acceptors (Lipinski definition) is 3. The molecule has 5 heteroatoms. The Morgan fingerprint density at radius 1 is 1.47 bits per heavy atom. The Balaban J connectivity index is 2.66.